The number of amides is 1. The first-order valence-electron chi connectivity index (χ1n) is 5.37. The highest BCUT2D eigenvalue weighted by molar-refractivity contribution is 5.96. The van der Waals surface area contributed by atoms with Crippen molar-refractivity contribution in [1.82, 2.24) is 9.55 Å². The first-order valence-corrected chi connectivity index (χ1v) is 5.37. The Morgan fingerprint density at radius 3 is 2.63 bits per heavy atom. The fourth-order valence-corrected chi connectivity index (χ4v) is 1.77. The van der Waals surface area contributed by atoms with Crippen LogP contribution in [0.15, 0.2) is 23.0 Å². The molecule has 2 aromatic rings. The summed E-state index contributed by atoms with van der Waals surface area (Å²) in [6, 6.07) is 4.13. The van der Waals surface area contributed by atoms with Crippen LogP contribution in [0.1, 0.15) is 16.8 Å². The van der Waals surface area contributed by atoms with Gasteiger partial charge in [0.15, 0.2) is 0 Å². The number of rotatable bonds is 3. The highest BCUT2D eigenvalue weighted by Gasteiger charge is 2.27. The van der Waals surface area contributed by atoms with E-state index in [0.29, 0.717) is 5.52 Å². The fraction of sp³-hybridized carbons (Fsp3) is 0.273. The van der Waals surface area contributed by atoms with Crippen molar-refractivity contribution in [2.75, 3.05) is 0 Å². The Labute approximate surface area is 104 Å². The van der Waals surface area contributed by atoms with E-state index >= 15 is 0 Å². The number of carbonyl (C=O) groups excluding carboxylic acids is 1. The Morgan fingerprint density at radius 2 is 2.05 bits per heavy atom. The van der Waals surface area contributed by atoms with E-state index in [-0.39, 0.29) is 11.1 Å². The van der Waals surface area contributed by atoms with Crippen molar-refractivity contribution < 1.29 is 18.0 Å². The number of H-pyrrole nitrogens is 1. The molecule has 0 saturated carbocycles. The molecule has 0 saturated heterocycles. The van der Waals surface area contributed by atoms with Crippen molar-refractivity contribution in [3.63, 3.8) is 0 Å². The molecule has 0 fully saturated rings. The van der Waals surface area contributed by atoms with Crippen LogP contribution in [0.25, 0.3) is 11.0 Å². The average Bonchev–Trinajstić information content (AvgIpc) is 2.60. The van der Waals surface area contributed by atoms with Gasteiger partial charge in [-0.15, -0.1) is 0 Å². The van der Waals surface area contributed by atoms with E-state index in [1.807, 2.05) is 0 Å². The molecule has 1 amide bonds. The van der Waals surface area contributed by atoms with Crippen molar-refractivity contribution in [3.8, 4) is 0 Å². The van der Waals surface area contributed by atoms with Crippen molar-refractivity contribution in [3.05, 3.63) is 34.2 Å². The van der Waals surface area contributed by atoms with E-state index in [1.54, 1.807) is 0 Å². The lowest BCUT2D eigenvalue weighted by Gasteiger charge is -2.07. The van der Waals surface area contributed by atoms with Gasteiger partial charge in [-0.3, -0.25) is 9.36 Å². The molecular weight excluding hydrogens is 263 g/mol. The molecule has 19 heavy (non-hydrogen) atoms. The minimum absolute atomic E-state index is 0.132. The van der Waals surface area contributed by atoms with E-state index in [2.05, 4.69) is 4.98 Å². The van der Waals surface area contributed by atoms with Crippen LogP contribution in [0.5, 0.6) is 0 Å². The second kappa shape index (κ2) is 4.45. The molecule has 1 aromatic carbocycles. The number of alkyl halides is 3. The predicted octanol–water partition coefficient (Wildman–Crippen LogP) is 1.38. The number of aryl methyl sites for hydroxylation is 1. The molecule has 2 rings (SSSR count). The van der Waals surface area contributed by atoms with Crippen LogP contribution >= 0.6 is 0 Å². The summed E-state index contributed by atoms with van der Waals surface area (Å²) in [5, 5.41) is 0. The van der Waals surface area contributed by atoms with Gasteiger partial charge in [0.05, 0.1) is 17.5 Å². The summed E-state index contributed by atoms with van der Waals surface area (Å²) in [6.45, 7) is -0.509. The van der Waals surface area contributed by atoms with Gasteiger partial charge in [-0.2, -0.15) is 13.2 Å². The second-order valence-electron chi connectivity index (χ2n) is 4.04. The van der Waals surface area contributed by atoms with Gasteiger partial charge < -0.3 is 10.7 Å². The SMILES string of the molecule is NC(=O)c1ccc2[nH]c(=O)n(CCC(F)(F)F)c2c1. The van der Waals surface area contributed by atoms with Crippen molar-refractivity contribution in [2.24, 2.45) is 5.73 Å². The average molecular weight is 273 g/mol. The highest BCUT2D eigenvalue weighted by atomic mass is 19.4. The molecule has 8 heteroatoms. The molecule has 102 valence electrons. The molecule has 0 atom stereocenters. The first-order chi connectivity index (χ1) is 8.78. The maximum atomic E-state index is 12.2. The third kappa shape index (κ3) is 2.78. The largest absolute Gasteiger partial charge is 0.390 e. The number of benzene rings is 1. The molecule has 1 aromatic heterocycles. The summed E-state index contributed by atoms with van der Waals surface area (Å²) in [5.74, 6) is -0.710. The monoisotopic (exact) mass is 273 g/mol. The summed E-state index contributed by atoms with van der Waals surface area (Å²) in [6.07, 6.45) is -5.48. The number of fused-ring (bicyclic) bond motifs is 1. The van der Waals surface area contributed by atoms with E-state index in [4.69, 9.17) is 5.73 Å². The number of hydrogen-bond donors (Lipinski definition) is 2. The number of nitrogens with two attached hydrogens (primary N) is 1. The first kappa shape index (κ1) is 13.2. The maximum absolute atomic E-state index is 12.2. The number of nitrogens with one attached hydrogen (secondary N) is 1. The van der Waals surface area contributed by atoms with Crippen LogP contribution in [0.2, 0.25) is 0 Å². The summed E-state index contributed by atoms with van der Waals surface area (Å²) >= 11 is 0. The molecule has 1 heterocycles. The Hall–Kier alpha value is -2.25. The van der Waals surface area contributed by atoms with Crippen LogP contribution in [-0.4, -0.2) is 21.6 Å². The second-order valence-corrected chi connectivity index (χ2v) is 4.04. The van der Waals surface area contributed by atoms with Gasteiger partial charge in [-0.1, -0.05) is 0 Å². The smallest absolute Gasteiger partial charge is 0.366 e. The minimum Gasteiger partial charge on any atom is -0.366 e. The van der Waals surface area contributed by atoms with Gasteiger partial charge in [0.1, 0.15) is 0 Å². The molecule has 0 spiro atoms. The minimum atomic E-state index is -4.36. The molecule has 5 nitrogen and oxygen atoms in total. The van der Waals surface area contributed by atoms with Crippen LogP contribution in [-0.2, 0) is 6.54 Å². The van der Waals surface area contributed by atoms with Gasteiger partial charge in [-0.05, 0) is 18.2 Å². The van der Waals surface area contributed by atoms with Gasteiger partial charge in [0.2, 0.25) is 5.91 Å². The molecule has 3 N–H and O–H groups in total. The van der Waals surface area contributed by atoms with Crippen LogP contribution in [0.4, 0.5) is 13.2 Å². The van der Waals surface area contributed by atoms with Crippen molar-refractivity contribution in [1.29, 1.82) is 0 Å². The zero-order valence-corrected chi connectivity index (χ0v) is 9.62. The highest BCUT2D eigenvalue weighted by Crippen LogP contribution is 2.21. The standard InChI is InChI=1S/C11H10F3N3O2/c12-11(13,14)3-4-17-8-5-6(9(15)18)1-2-7(8)16-10(17)19/h1-2,5H,3-4H2,(H2,15,18)(H,16,19). The van der Waals surface area contributed by atoms with E-state index < -0.39 is 30.7 Å². The molecule has 0 radical (unpaired) electrons. The molecular formula is C11H10F3N3O2. The van der Waals surface area contributed by atoms with Gasteiger partial charge in [-0.25, -0.2) is 4.79 Å². The number of primary amides is 1. The lowest BCUT2D eigenvalue weighted by atomic mass is 10.2. The summed E-state index contributed by atoms with van der Waals surface area (Å²) < 4.78 is 37.5. The number of aromatic amines is 1. The molecule has 0 aliphatic rings. The maximum Gasteiger partial charge on any atom is 0.390 e. The number of imidazole rings is 1. The Kier molecular flexibility index (Phi) is 3.09. The zero-order chi connectivity index (χ0) is 14.2. The van der Waals surface area contributed by atoms with E-state index in [9.17, 15) is 22.8 Å². The topological polar surface area (TPSA) is 80.9 Å². The third-order valence-corrected chi connectivity index (χ3v) is 2.68. The fourth-order valence-electron chi connectivity index (χ4n) is 1.77. The Bertz CT molecular complexity index is 685. The number of nitrogens with zero attached hydrogens (tertiary/aromatic N) is 1. The molecule has 0 aliphatic carbocycles. The summed E-state index contributed by atoms with van der Waals surface area (Å²) in [4.78, 5) is 25.0. The lowest BCUT2D eigenvalue weighted by Crippen LogP contribution is -2.21. The van der Waals surface area contributed by atoms with E-state index in [0.717, 1.165) is 4.57 Å². The van der Waals surface area contributed by atoms with Crippen molar-refractivity contribution in [2.45, 2.75) is 19.1 Å². The van der Waals surface area contributed by atoms with Crippen molar-refractivity contribution >= 4 is 16.9 Å². The number of hydrogen-bond acceptors (Lipinski definition) is 2. The lowest BCUT2D eigenvalue weighted by molar-refractivity contribution is -0.136. The number of halogens is 3. The van der Waals surface area contributed by atoms with Gasteiger partial charge in [0.25, 0.3) is 0 Å². The van der Waals surface area contributed by atoms with Gasteiger partial charge >= 0.3 is 11.9 Å². The van der Waals surface area contributed by atoms with Crippen LogP contribution < -0.4 is 11.4 Å². The van der Waals surface area contributed by atoms with Crippen LogP contribution in [0, 0.1) is 0 Å². The summed E-state index contributed by atoms with van der Waals surface area (Å²) in [5.41, 5.74) is 5.15. The summed E-state index contributed by atoms with van der Waals surface area (Å²) in [7, 11) is 0. The van der Waals surface area contributed by atoms with E-state index in [1.165, 1.54) is 18.2 Å². The normalized spacial score (nSPS) is 11.9. The third-order valence-electron chi connectivity index (χ3n) is 2.68. The predicted molar refractivity (Wildman–Crippen MR) is 61.7 cm³/mol. The van der Waals surface area contributed by atoms with Gasteiger partial charge in [0, 0.05) is 12.1 Å². The molecule has 0 unspecified atom stereocenters. The number of carbonyl (C=O) groups is 1. The quantitative estimate of drug-likeness (QED) is 0.885. The number of aromatic nitrogens is 2. The molecule has 0 aliphatic heterocycles. The zero-order valence-electron chi connectivity index (χ0n) is 9.62. The molecule has 0 bridgehead atoms. The Balaban J connectivity index is 2.47. The van der Waals surface area contributed by atoms with Crippen LogP contribution in [0.3, 0.4) is 0 Å². The Morgan fingerprint density at radius 1 is 1.37 bits per heavy atom.